The summed E-state index contributed by atoms with van der Waals surface area (Å²) in [6.07, 6.45) is 2.41. The van der Waals surface area contributed by atoms with Gasteiger partial charge in [0.2, 0.25) is 5.91 Å². The monoisotopic (exact) mass is 342 g/mol. The van der Waals surface area contributed by atoms with Gasteiger partial charge in [0.25, 0.3) is 5.91 Å². The Bertz CT molecular complexity index is 762. The van der Waals surface area contributed by atoms with Crippen LogP contribution in [0.4, 0.5) is 5.69 Å². The summed E-state index contributed by atoms with van der Waals surface area (Å²) in [7, 11) is 3.53. The number of hydrogen-bond acceptors (Lipinski definition) is 3. The van der Waals surface area contributed by atoms with Crippen LogP contribution in [0.2, 0.25) is 0 Å². The van der Waals surface area contributed by atoms with Gasteiger partial charge in [0.15, 0.2) is 0 Å². The van der Waals surface area contributed by atoms with Crippen molar-refractivity contribution in [3.63, 3.8) is 0 Å². The molecule has 1 heterocycles. The third-order valence-electron chi connectivity index (χ3n) is 4.39. The normalized spacial score (nSPS) is 16.4. The van der Waals surface area contributed by atoms with Crippen LogP contribution in [0.5, 0.6) is 0 Å². The molecule has 0 fully saturated rings. The summed E-state index contributed by atoms with van der Waals surface area (Å²) < 4.78 is 0. The number of aryl methyl sites for hydroxylation is 2. The smallest absolute Gasteiger partial charge is 0.263 e. The fourth-order valence-electron chi connectivity index (χ4n) is 2.95. The van der Waals surface area contributed by atoms with Gasteiger partial charge in [0.1, 0.15) is 0 Å². The van der Waals surface area contributed by atoms with Crippen LogP contribution >= 0.6 is 11.3 Å². The second-order valence-electron chi connectivity index (χ2n) is 6.55. The number of rotatable bonds is 3. The number of carbonyl (C=O) groups excluding carboxylic acids is 2. The van der Waals surface area contributed by atoms with Crippen LogP contribution < -0.4 is 5.32 Å². The summed E-state index contributed by atoms with van der Waals surface area (Å²) in [5.41, 5.74) is 3.16. The van der Waals surface area contributed by atoms with Crippen LogP contribution in [0.1, 0.15) is 32.1 Å². The molecule has 0 saturated heterocycles. The number of nitrogens with one attached hydrogen (secondary N) is 1. The Balaban J connectivity index is 1.69. The number of thiophene rings is 1. The maximum atomic E-state index is 12.5. The predicted octanol–water partition coefficient (Wildman–Crippen LogP) is 3.50. The molecule has 1 N–H and O–H groups in total. The van der Waals surface area contributed by atoms with E-state index in [4.69, 9.17) is 0 Å². The number of carbonyl (C=O) groups is 2. The molecule has 4 nitrogen and oxygen atoms in total. The van der Waals surface area contributed by atoms with Crippen LogP contribution in [-0.4, -0.2) is 30.8 Å². The molecule has 2 aromatic rings. The molecule has 1 aliphatic carbocycles. The lowest BCUT2D eigenvalue weighted by Gasteiger charge is -2.21. The van der Waals surface area contributed by atoms with Gasteiger partial charge in [0.05, 0.1) is 4.88 Å². The van der Waals surface area contributed by atoms with Gasteiger partial charge in [-0.3, -0.25) is 9.59 Å². The van der Waals surface area contributed by atoms with Gasteiger partial charge in [-0.15, -0.1) is 11.3 Å². The van der Waals surface area contributed by atoms with E-state index in [9.17, 15) is 9.59 Å². The Kier molecular flexibility index (Phi) is 4.71. The molecule has 0 unspecified atom stereocenters. The SMILES string of the molecule is Cc1ccc(NC(=O)[C@H]2CCc3sc(C(=O)N(C)C)cc3C2)cc1. The Morgan fingerprint density at radius 3 is 2.58 bits per heavy atom. The average molecular weight is 342 g/mol. The van der Waals surface area contributed by atoms with Crippen LogP contribution in [0.15, 0.2) is 30.3 Å². The molecule has 126 valence electrons. The average Bonchev–Trinajstić information content (AvgIpc) is 2.99. The van der Waals surface area contributed by atoms with E-state index in [1.807, 2.05) is 37.3 Å². The highest BCUT2D eigenvalue weighted by molar-refractivity contribution is 7.14. The summed E-state index contributed by atoms with van der Waals surface area (Å²) in [5, 5.41) is 3.01. The number of hydrogen-bond donors (Lipinski definition) is 1. The number of anilines is 1. The molecule has 1 atom stereocenters. The first-order chi connectivity index (χ1) is 11.4. The largest absolute Gasteiger partial charge is 0.344 e. The molecule has 1 aliphatic rings. The topological polar surface area (TPSA) is 49.4 Å². The molecule has 0 radical (unpaired) electrons. The molecular weight excluding hydrogens is 320 g/mol. The molecule has 2 amide bonds. The molecule has 0 bridgehead atoms. The molecular formula is C19H22N2O2S. The van der Waals surface area contributed by atoms with Crippen molar-refractivity contribution in [2.45, 2.75) is 26.2 Å². The standard InChI is InChI=1S/C19H22N2O2S/c1-12-4-7-15(8-5-12)20-18(22)13-6-9-16-14(10-13)11-17(24-16)19(23)21(2)3/h4-5,7-8,11,13H,6,9-10H2,1-3H3,(H,20,22)/t13-/m0/s1. The number of fused-ring (bicyclic) bond motifs is 1. The fourth-order valence-corrected chi connectivity index (χ4v) is 4.18. The lowest BCUT2D eigenvalue weighted by Crippen LogP contribution is -2.27. The van der Waals surface area contributed by atoms with Crippen molar-refractivity contribution in [3.8, 4) is 0 Å². The van der Waals surface area contributed by atoms with E-state index in [2.05, 4.69) is 5.32 Å². The summed E-state index contributed by atoms with van der Waals surface area (Å²) in [5.74, 6) is 0.0713. The zero-order valence-electron chi connectivity index (χ0n) is 14.3. The van der Waals surface area contributed by atoms with Gasteiger partial charge in [-0.2, -0.15) is 0 Å². The first kappa shape index (κ1) is 16.7. The maximum Gasteiger partial charge on any atom is 0.263 e. The third-order valence-corrected chi connectivity index (χ3v) is 5.61. The van der Waals surface area contributed by atoms with Gasteiger partial charge < -0.3 is 10.2 Å². The summed E-state index contributed by atoms with van der Waals surface area (Å²) in [6, 6.07) is 9.81. The first-order valence-corrected chi connectivity index (χ1v) is 8.96. The molecule has 0 spiro atoms. The Morgan fingerprint density at radius 2 is 1.92 bits per heavy atom. The van der Waals surface area contributed by atoms with Crippen LogP contribution in [-0.2, 0) is 17.6 Å². The van der Waals surface area contributed by atoms with Crippen LogP contribution in [0.3, 0.4) is 0 Å². The van der Waals surface area contributed by atoms with Gasteiger partial charge in [0, 0.05) is 30.6 Å². The Labute approximate surface area is 146 Å². The summed E-state index contributed by atoms with van der Waals surface area (Å²) in [6.45, 7) is 2.03. The van der Waals surface area contributed by atoms with Crippen LogP contribution in [0.25, 0.3) is 0 Å². The Morgan fingerprint density at radius 1 is 1.21 bits per heavy atom. The van der Waals surface area contributed by atoms with E-state index in [-0.39, 0.29) is 17.7 Å². The van der Waals surface area contributed by atoms with E-state index in [1.54, 1.807) is 30.3 Å². The molecule has 1 aromatic carbocycles. The third kappa shape index (κ3) is 3.51. The second kappa shape index (κ2) is 6.77. The lowest BCUT2D eigenvalue weighted by molar-refractivity contribution is -0.120. The fraction of sp³-hybridized carbons (Fsp3) is 0.368. The minimum Gasteiger partial charge on any atom is -0.344 e. The molecule has 0 saturated carbocycles. The summed E-state index contributed by atoms with van der Waals surface area (Å²) in [4.78, 5) is 28.2. The van der Waals surface area contributed by atoms with Crippen LogP contribution in [0, 0.1) is 12.8 Å². The number of benzene rings is 1. The van der Waals surface area contributed by atoms with E-state index >= 15 is 0 Å². The quantitative estimate of drug-likeness (QED) is 0.928. The lowest BCUT2D eigenvalue weighted by atomic mass is 9.87. The zero-order valence-corrected chi connectivity index (χ0v) is 15.1. The van der Waals surface area contributed by atoms with Crippen molar-refractivity contribution in [2.24, 2.45) is 5.92 Å². The highest BCUT2D eigenvalue weighted by Crippen LogP contribution is 2.33. The Hall–Kier alpha value is -2.14. The van der Waals surface area contributed by atoms with Crippen molar-refractivity contribution in [1.29, 1.82) is 0 Å². The van der Waals surface area contributed by atoms with Gasteiger partial charge in [-0.1, -0.05) is 17.7 Å². The number of nitrogens with zero attached hydrogens (tertiary/aromatic N) is 1. The zero-order chi connectivity index (χ0) is 17.3. The van der Waals surface area contributed by atoms with Crippen molar-refractivity contribution >= 4 is 28.8 Å². The van der Waals surface area contributed by atoms with Gasteiger partial charge >= 0.3 is 0 Å². The van der Waals surface area contributed by atoms with Crippen molar-refractivity contribution in [1.82, 2.24) is 4.90 Å². The highest BCUT2D eigenvalue weighted by Gasteiger charge is 2.27. The maximum absolute atomic E-state index is 12.5. The highest BCUT2D eigenvalue weighted by atomic mass is 32.1. The first-order valence-electron chi connectivity index (χ1n) is 8.15. The molecule has 24 heavy (non-hydrogen) atoms. The minimum absolute atomic E-state index is 0.0317. The molecule has 0 aliphatic heterocycles. The van der Waals surface area contributed by atoms with Gasteiger partial charge in [-0.05, 0) is 49.9 Å². The minimum atomic E-state index is -0.0317. The molecule has 5 heteroatoms. The number of amides is 2. The van der Waals surface area contributed by atoms with Crippen molar-refractivity contribution < 1.29 is 9.59 Å². The van der Waals surface area contributed by atoms with E-state index in [0.29, 0.717) is 6.42 Å². The molecule has 3 rings (SSSR count). The summed E-state index contributed by atoms with van der Waals surface area (Å²) >= 11 is 1.57. The molecule has 1 aromatic heterocycles. The predicted molar refractivity (Wildman–Crippen MR) is 97.7 cm³/mol. The van der Waals surface area contributed by atoms with E-state index in [1.165, 1.54) is 10.4 Å². The van der Waals surface area contributed by atoms with E-state index in [0.717, 1.165) is 29.0 Å². The second-order valence-corrected chi connectivity index (χ2v) is 7.69. The van der Waals surface area contributed by atoms with Gasteiger partial charge in [-0.25, -0.2) is 0 Å². The van der Waals surface area contributed by atoms with Crippen molar-refractivity contribution in [2.75, 3.05) is 19.4 Å². The van der Waals surface area contributed by atoms with Crippen molar-refractivity contribution in [3.05, 3.63) is 51.2 Å². The van der Waals surface area contributed by atoms with E-state index < -0.39 is 0 Å².